The molecule has 0 amide bonds. The monoisotopic (exact) mass is 229 g/mol. The Kier molecular flexibility index (Phi) is 4.63. The van der Waals surface area contributed by atoms with Gasteiger partial charge in [-0.2, -0.15) is 0 Å². The summed E-state index contributed by atoms with van der Waals surface area (Å²) in [5.74, 6) is 1.11. The second kappa shape index (κ2) is 5.52. The molecule has 0 radical (unpaired) electrons. The zero-order chi connectivity index (χ0) is 10.6. The van der Waals surface area contributed by atoms with Crippen LogP contribution in [0.15, 0.2) is 28.6 Å². The largest absolute Gasteiger partial charge is 0.228 e. The van der Waals surface area contributed by atoms with E-state index in [0.717, 1.165) is 16.5 Å². The van der Waals surface area contributed by atoms with Gasteiger partial charge >= 0.3 is 0 Å². The highest BCUT2D eigenvalue weighted by atomic mass is 35.5. The molecular formula is C11H16ClNS. The highest BCUT2D eigenvalue weighted by molar-refractivity contribution is 7.87. The van der Waals surface area contributed by atoms with Crippen molar-refractivity contribution in [2.45, 2.75) is 26.0 Å². The lowest BCUT2D eigenvalue weighted by Gasteiger charge is -2.08. The Bertz CT molecular complexity index is 317. The van der Waals surface area contributed by atoms with Crippen molar-refractivity contribution in [2.75, 3.05) is 5.75 Å². The van der Waals surface area contributed by atoms with Gasteiger partial charge in [-0.15, -0.1) is 0 Å². The molecule has 0 heterocycles. The maximum absolute atomic E-state index is 5.81. The lowest BCUT2D eigenvalue weighted by molar-refractivity contribution is 1.10. The van der Waals surface area contributed by atoms with Gasteiger partial charge in [0.1, 0.15) is 0 Å². The lowest BCUT2D eigenvalue weighted by atomic mass is 10.3. The van der Waals surface area contributed by atoms with Crippen molar-refractivity contribution in [1.82, 2.24) is 0 Å². The summed E-state index contributed by atoms with van der Waals surface area (Å²) >= 11 is 5.81. The predicted octanol–water partition coefficient (Wildman–Crippen LogP) is 4.20. The van der Waals surface area contributed by atoms with Gasteiger partial charge in [-0.3, -0.25) is 0 Å². The van der Waals surface area contributed by atoms with Crippen molar-refractivity contribution in [3.8, 4) is 0 Å². The van der Waals surface area contributed by atoms with Crippen LogP contribution in [0.1, 0.15) is 20.8 Å². The average Bonchev–Trinajstić information content (AvgIpc) is 2.16. The SMILES string of the molecule is CCS(=Nc1ccc(Cl)cc1)C(C)C. The molecule has 0 fully saturated rings. The maximum Gasteiger partial charge on any atom is 0.0704 e. The first-order chi connectivity index (χ1) is 6.63. The molecule has 1 unspecified atom stereocenters. The fraction of sp³-hybridized carbons (Fsp3) is 0.455. The Labute approximate surface area is 93.6 Å². The van der Waals surface area contributed by atoms with Gasteiger partial charge in [0.05, 0.1) is 5.69 Å². The third-order valence-electron chi connectivity index (χ3n) is 1.89. The van der Waals surface area contributed by atoms with Crippen LogP contribution in [0, 0.1) is 0 Å². The van der Waals surface area contributed by atoms with Crippen LogP contribution in [0.25, 0.3) is 0 Å². The maximum atomic E-state index is 5.81. The van der Waals surface area contributed by atoms with Crippen LogP contribution >= 0.6 is 11.6 Å². The molecule has 1 aromatic rings. The topological polar surface area (TPSA) is 12.4 Å². The normalized spacial score (nSPS) is 13.5. The van der Waals surface area contributed by atoms with E-state index in [1.165, 1.54) is 0 Å². The summed E-state index contributed by atoms with van der Waals surface area (Å²) in [4.78, 5) is 0. The summed E-state index contributed by atoms with van der Waals surface area (Å²) in [6, 6.07) is 7.72. The minimum Gasteiger partial charge on any atom is -0.228 e. The molecule has 3 heteroatoms. The van der Waals surface area contributed by atoms with Gasteiger partial charge in [-0.1, -0.05) is 43.1 Å². The Morgan fingerprint density at radius 2 is 1.86 bits per heavy atom. The summed E-state index contributed by atoms with van der Waals surface area (Å²) in [7, 11) is 0.141. The number of benzene rings is 1. The molecule has 1 rings (SSSR count). The summed E-state index contributed by atoms with van der Waals surface area (Å²) in [6.07, 6.45) is 0. The first kappa shape index (κ1) is 11.7. The smallest absolute Gasteiger partial charge is 0.0704 e. The van der Waals surface area contributed by atoms with Gasteiger partial charge in [0, 0.05) is 16.0 Å². The molecule has 0 saturated carbocycles. The second-order valence-electron chi connectivity index (χ2n) is 3.31. The van der Waals surface area contributed by atoms with Gasteiger partial charge in [0.15, 0.2) is 0 Å². The minimum absolute atomic E-state index is 0.141. The summed E-state index contributed by atoms with van der Waals surface area (Å²) in [5.41, 5.74) is 1.04. The highest BCUT2D eigenvalue weighted by Crippen LogP contribution is 2.18. The molecule has 0 saturated heterocycles. The van der Waals surface area contributed by atoms with Gasteiger partial charge < -0.3 is 0 Å². The standard InChI is InChI=1S/C11H16ClNS/c1-4-14(9(2)3)13-11-7-5-10(12)6-8-11/h5-9H,4H2,1-3H3. The molecule has 0 bridgehead atoms. The Morgan fingerprint density at radius 1 is 1.29 bits per heavy atom. The molecule has 0 spiro atoms. The zero-order valence-corrected chi connectivity index (χ0v) is 10.4. The van der Waals surface area contributed by atoms with Gasteiger partial charge in [0.25, 0.3) is 0 Å². The van der Waals surface area contributed by atoms with E-state index in [1.54, 1.807) is 0 Å². The van der Waals surface area contributed by atoms with Gasteiger partial charge in [-0.25, -0.2) is 4.36 Å². The molecule has 1 nitrogen and oxygen atoms in total. The zero-order valence-electron chi connectivity index (χ0n) is 8.83. The van der Waals surface area contributed by atoms with E-state index in [1.807, 2.05) is 24.3 Å². The Balaban J connectivity index is 2.89. The highest BCUT2D eigenvalue weighted by Gasteiger charge is 2.00. The van der Waals surface area contributed by atoms with E-state index in [2.05, 4.69) is 25.1 Å². The van der Waals surface area contributed by atoms with E-state index >= 15 is 0 Å². The van der Waals surface area contributed by atoms with Crippen molar-refractivity contribution in [3.05, 3.63) is 29.3 Å². The minimum atomic E-state index is 0.141. The quantitative estimate of drug-likeness (QED) is 0.737. The molecule has 1 aromatic carbocycles. The summed E-state index contributed by atoms with van der Waals surface area (Å²) in [6.45, 7) is 6.61. The van der Waals surface area contributed by atoms with Crippen LogP contribution in [0.4, 0.5) is 5.69 Å². The number of hydrogen-bond acceptors (Lipinski definition) is 1. The van der Waals surface area contributed by atoms with Crippen molar-refractivity contribution in [3.63, 3.8) is 0 Å². The molecule has 0 aliphatic heterocycles. The van der Waals surface area contributed by atoms with E-state index < -0.39 is 0 Å². The fourth-order valence-corrected chi connectivity index (χ4v) is 2.67. The molecule has 0 aliphatic carbocycles. The molecular weight excluding hydrogens is 214 g/mol. The van der Waals surface area contributed by atoms with Crippen molar-refractivity contribution in [1.29, 1.82) is 0 Å². The number of rotatable bonds is 3. The van der Waals surface area contributed by atoms with Crippen LogP contribution in [-0.2, 0) is 10.7 Å². The third kappa shape index (κ3) is 3.43. The van der Waals surface area contributed by atoms with Crippen molar-refractivity contribution >= 4 is 28.0 Å². The fourth-order valence-electron chi connectivity index (χ4n) is 1.14. The number of hydrogen-bond donors (Lipinski definition) is 0. The van der Waals surface area contributed by atoms with Gasteiger partial charge in [0.2, 0.25) is 0 Å². The van der Waals surface area contributed by atoms with Crippen LogP contribution in [0.5, 0.6) is 0 Å². The Hall–Kier alpha value is -0.340. The number of nitrogens with zero attached hydrogens (tertiary/aromatic N) is 1. The summed E-state index contributed by atoms with van der Waals surface area (Å²) < 4.78 is 4.69. The van der Waals surface area contributed by atoms with E-state index in [0.29, 0.717) is 5.25 Å². The van der Waals surface area contributed by atoms with Crippen LogP contribution in [0.3, 0.4) is 0 Å². The molecule has 1 atom stereocenters. The Morgan fingerprint density at radius 3 is 2.29 bits per heavy atom. The predicted molar refractivity (Wildman–Crippen MR) is 66.6 cm³/mol. The van der Waals surface area contributed by atoms with Gasteiger partial charge in [-0.05, 0) is 24.3 Å². The van der Waals surface area contributed by atoms with E-state index in [4.69, 9.17) is 11.6 Å². The number of halogens is 1. The molecule has 0 aliphatic rings. The van der Waals surface area contributed by atoms with Crippen LogP contribution < -0.4 is 0 Å². The van der Waals surface area contributed by atoms with Crippen molar-refractivity contribution < 1.29 is 0 Å². The van der Waals surface area contributed by atoms with Crippen molar-refractivity contribution in [2.24, 2.45) is 4.36 Å². The van der Waals surface area contributed by atoms with E-state index in [-0.39, 0.29) is 10.7 Å². The first-order valence-corrected chi connectivity index (χ1v) is 6.59. The second-order valence-corrected chi connectivity index (χ2v) is 6.25. The third-order valence-corrected chi connectivity index (χ3v) is 4.27. The first-order valence-electron chi connectivity index (χ1n) is 4.80. The lowest BCUT2D eigenvalue weighted by Crippen LogP contribution is -2.06. The molecule has 14 heavy (non-hydrogen) atoms. The molecule has 0 aromatic heterocycles. The molecule has 78 valence electrons. The summed E-state index contributed by atoms with van der Waals surface area (Å²) in [5, 5.41) is 1.39. The van der Waals surface area contributed by atoms with Crippen LogP contribution in [0.2, 0.25) is 5.02 Å². The van der Waals surface area contributed by atoms with E-state index in [9.17, 15) is 0 Å². The van der Waals surface area contributed by atoms with Crippen LogP contribution in [-0.4, -0.2) is 11.0 Å². The molecule has 0 N–H and O–H groups in total. The average molecular weight is 230 g/mol.